The first-order valence-corrected chi connectivity index (χ1v) is 9.20. The summed E-state index contributed by atoms with van der Waals surface area (Å²) < 4.78 is 7.14. The van der Waals surface area contributed by atoms with Crippen molar-refractivity contribution in [3.05, 3.63) is 60.2 Å². The van der Waals surface area contributed by atoms with Crippen LogP contribution in [0.4, 0.5) is 0 Å². The predicted octanol–water partition coefficient (Wildman–Crippen LogP) is 4.51. The monoisotopic (exact) mass is 362 g/mol. The third-order valence-corrected chi connectivity index (χ3v) is 4.47. The number of hydrogen-bond donors (Lipinski definition) is 0. The van der Waals surface area contributed by atoms with Crippen LogP contribution in [0.25, 0.3) is 17.1 Å². The van der Waals surface area contributed by atoms with Crippen LogP contribution < -0.4 is 4.74 Å². The smallest absolute Gasteiger partial charge is 0.257 e. The molecule has 3 rings (SSSR count). The van der Waals surface area contributed by atoms with Gasteiger partial charge in [-0.1, -0.05) is 48.0 Å². The van der Waals surface area contributed by atoms with E-state index in [9.17, 15) is 4.79 Å². The summed E-state index contributed by atoms with van der Waals surface area (Å²) in [4.78, 5) is 17.4. The molecule has 1 aromatic heterocycles. The van der Waals surface area contributed by atoms with E-state index in [1.54, 1.807) is 16.7 Å². The standard InChI is InChI=1S/C21H18N2O2S/c1-3-14-26-21-22-18-12-11-17(25-4-2)15-19(18)23(21)20(24)13-10-16-8-6-5-7-9-16/h1,5-13,15H,4,14H2,2H3/b13-10+. The zero-order valence-corrected chi connectivity index (χ0v) is 15.2. The molecular formula is C21H18N2O2S. The Kier molecular flexibility index (Phi) is 5.77. The van der Waals surface area contributed by atoms with Crippen molar-refractivity contribution in [2.24, 2.45) is 0 Å². The van der Waals surface area contributed by atoms with E-state index in [0.717, 1.165) is 11.1 Å². The van der Waals surface area contributed by atoms with Crippen molar-refractivity contribution in [1.29, 1.82) is 0 Å². The molecule has 4 nitrogen and oxygen atoms in total. The van der Waals surface area contributed by atoms with Crippen LogP contribution in [0.15, 0.2) is 59.8 Å². The lowest BCUT2D eigenvalue weighted by Gasteiger charge is -2.06. The van der Waals surface area contributed by atoms with Crippen LogP contribution in [0, 0.1) is 12.3 Å². The van der Waals surface area contributed by atoms with Crippen molar-refractivity contribution in [3.63, 3.8) is 0 Å². The van der Waals surface area contributed by atoms with Crippen LogP contribution in [0.3, 0.4) is 0 Å². The van der Waals surface area contributed by atoms with E-state index in [4.69, 9.17) is 11.2 Å². The van der Waals surface area contributed by atoms with Crippen molar-refractivity contribution in [1.82, 2.24) is 9.55 Å². The number of fused-ring (bicyclic) bond motifs is 1. The van der Waals surface area contributed by atoms with E-state index < -0.39 is 0 Å². The first-order chi connectivity index (χ1) is 12.7. The molecule has 0 radical (unpaired) electrons. The largest absolute Gasteiger partial charge is 0.494 e. The van der Waals surface area contributed by atoms with Crippen LogP contribution in [-0.2, 0) is 0 Å². The highest BCUT2D eigenvalue weighted by Crippen LogP contribution is 2.27. The number of imidazole rings is 1. The highest BCUT2D eigenvalue weighted by atomic mass is 32.2. The van der Waals surface area contributed by atoms with Gasteiger partial charge in [-0.2, -0.15) is 0 Å². The molecule has 0 aliphatic heterocycles. The van der Waals surface area contributed by atoms with Gasteiger partial charge in [0.1, 0.15) is 5.75 Å². The fraction of sp³-hybridized carbons (Fsp3) is 0.143. The fourth-order valence-electron chi connectivity index (χ4n) is 2.51. The number of thioether (sulfide) groups is 1. The lowest BCUT2D eigenvalue weighted by molar-refractivity contribution is 0.0965. The van der Waals surface area contributed by atoms with Gasteiger partial charge in [0, 0.05) is 12.1 Å². The summed E-state index contributed by atoms with van der Waals surface area (Å²) in [7, 11) is 0. The molecule has 0 amide bonds. The summed E-state index contributed by atoms with van der Waals surface area (Å²) in [6, 6.07) is 15.2. The SMILES string of the molecule is C#CCSc1nc2ccc(OCC)cc2n1C(=O)/C=C/c1ccccc1. The average molecular weight is 362 g/mol. The number of rotatable bonds is 6. The van der Waals surface area contributed by atoms with Crippen molar-refractivity contribution in [3.8, 4) is 18.1 Å². The molecule has 26 heavy (non-hydrogen) atoms. The molecule has 0 aliphatic rings. The third-order valence-electron chi connectivity index (χ3n) is 3.63. The third kappa shape index (κ3) is 3.98. The molecule has 0 fully saturated rings. The molecule has 5 heteroatoms. The summed E-state index contributed by atoms with van der Waals surface area (Å²) in [5.74, 6) is 3.54. The lowest BCUT2D eigenvalue weighted by Crippen LogP contribution is -2.09. The number of hydrogen-bond acceptors (Lipinski definition) is 4. The van der Waals surface area contributed by atoms with Gasteiger partial charge in [0.25, 0.3) is 5.91 Å². The number of benzene rings is 2. The molecule has 0 spiro atoms. The van der Waals surface area contributed by atoms with Gasteiger partial charge in [0.05, 0.1) is 23.4 Å². The van der Waals surface area contributed by atoms with E-state index in [1.165, 1.54) is 11.8 Å². The number of ether oxygens (including phenoxy) is 1. The van der Waals surface area contributed by atoms with Crippen molar-refractivity contribution < 1.29 is 9.53 Å². The minimum atomic E-state index is -0.176. The Morgan fingerprint density at radius 2 is 2.12 bits per heavy atom. The fourth-order valence-corrected chi connectivity index (χ4v) is 3.20. The Labute approximate surface area is 156 Å². The second kappa shape index (κ2) is 8.41. The van der Waals surface area contributed by atoms with Gasteiger partial charge in [-0.05, 0) is 30.7 Å². The molecule has 3 aromatic rings. The van der Waals surface area contributed by atoms with E-state index in [-0.39, 0.29) is 5.91 Å². The Balaban J connectivity index is 2.02. The number of aromatic nitrogens is 2. The van der Waals surface area contributed by atoms with Crippen LogP contribution in [0.5, 0.6) is 5.75 Å². The molecule has 130 valence electrons. The van der Waals surface area contributed by atoms with Gasteiger partial charge in [0.15, 0.2) is 5.16 Å². The number of nitrogens with zero attached hydrogens (tertiary/aromatic N) is 2. The summed E-state index contributed by atoms with van der Waals surface area (Å²) in [5, 5.41) is 0.578. The zero-order chi connectivity index (χ0) is 18.4. The van der Waals surface area contributed by atoms with Gasteiger partial charge in [0.2, 0.25) is 0 Å². The van der Waals surface area contributed by atoms with Crippen LogP contribution in [0.1, 0.15) is 17.3 Å². The Morgan fingerprint density at radius 3 is 2.85 bits per heavy atom. The van der Waals surface area contributed by atoms with Gasteiger partial charge < -0.3 is 4.74 Å². The number of carbonyl (C=O) groups excluding carboxylic acids is 1. The van der Waals surface area contributed by atoms with E-state index >= 15 is 0 Å². The Morgan fingerprint density at radius 1 is 1.31 bits per heavy atom. The predicted molar refractivity (Wildman–Crippen MR) is 107 cm³/mol. The Hall–Kier alpha value is -2.97. The van der Waals surface area contributed by atoms with Crippen LogP contribution in [-0.4, -0.2) is 27.8 Å². The van der Waals surface area contributed by atoms with E-state index in [1.807, 2.05) is 55.5 Å². The maximum atomic E-state index is 12.9. The minimum absolute atomic E-state index is 0.176. The van der Waals surface area contributed by atoms with Crippen molar-refractivity contribution >= 4 is 34.8 Å². The van der Waals surface area contributed by atoms with Crippen LogP contribution >= 0.6 is 11.8 Å². The summed E-state index contributed by atoms with van der Waals surface area (Å²) in [6.07, 6.45) is 8.70. The molecule has 1 heterocycles. The van der Waals surface area contributed by atoms with Crippen molar-refractivity contribution in [2.45, 2.75) is 12.1 Å². The highest BCUT2D eigenvalue weighted by molar-refractivity contribution is 7.99. The second-order valence-corrected chi connectivity index (χ2v) is 6.33. The first kappa shape index (κ1) is 17.8. The number of terminal acetylenes is 1. The average Bonchev–Trinajstić information content (AvgIpc) is 3.03. The maximum absolute atomic E-state index is 12.9. The molecule has 2 aromatic carbocycles. The topological polar surface area (TPSA) is 44.1 Å². The molecular weight excluding hydrogens is 344 g/mol. The maximum Gasteiger partial charge on any atom is 0.257 e. The van der Waals surface area contributed by atoms with Gasteiger partial charge >= 0.3 is 0 Å². The summed E-state index contributed by atoms with van der Waals surface area (Å²) in [5.41, 5.74) is 2.39. The molecule has 0 N–H and O–H groups in total. The summed E-state index contributed by atoms with van der Waals surface area (Å²) in [6.45, 7) is 2.48. The molecule has 0 aliphatic carbocycles. The first-order valence-electron chi connectivity index (χ1n) is 8.22. The second-order valence-electron chi connectivity index (χ2n) is 5.39. The van der Waals surface area contributed by atoms with Gasteiger partial charge in [-0.15, -0.1) is 6.42 Å². The minimum Gasteiger partial charge on any atom is -0.494 e. The van der Waals surface area contributed by atoms with Crippen LogP contribution in [0.2, 0.25) is 0 Å². The zero-order valence-electron chi connectivity index (χ0n) is 14.4. The van der Waals surface area contributed by atoms with Gasteiger partial charge in [-0.25, -0.2) is 4.98 Å². The Bertz CT molecular complexity index is 984. The number of allylic oxidation sites excluding steroid dienone is 1. The lowest BCUT2D eigenvalue weighted by atomic mass is 10.2. The number of carbonyl (C=O) groups is 1. The molecule has 0 unspecified atom stereocenters. The highest BCUT2D eigenvalue weighted by Gasteiger charge is 2.16. The molecule has 0 saturated carbocycles. The molecule has 0 saturated heterocycles. The quantitative estimate of drug-likeness (QED) is 0.367. The van der Waals surface area contributed by atoms with Gasteiger partial charge in [-0.3, -0.25) is 9.36 Å². The molecule has 0 atom stereocenters. The van der Waals surface area contributed by atoms with E-state index in [0.29, 0.717) is 28.8 Å². The summed E-state index contributed by atoms with van der Waals surface area (Å²) >= 11 is 1.36. The van der Waals surface area contributed by atoms with Crippen molar-refractivity contribution in [2.75, 3.05) is 12.4 Å². The molecule has 0 bridgehead atoms. The van der Waals surface area contributed by atoms with E-state index in [2.05, 4.69) is 10.9 Å². The normalized spacial score (nSPS) is 10.9.